The van der Waals surface area contributed by atoms with Crippen molar-refractivity contribution in [2.75, 3.05) is 4.90 Å². The summed E-state index contributed by atoms with van der Waals surface area (Å²) in [5.74, 6) is 0.268. The highest BCUT2D eigenvalue weighted by Gasteiger charge is 2.56. The van der Waals surface area contributed by atoms with Crippen molar-refractivity contribution in [3.05, 3.63) is 88.1 Å². The van der Waals surface area contributed by atoms with Gasteiger partial charge in [0.2, 0.25) is 5.91 Å². The van der Waals surface area contributed by atoms with Gasteiger partial charge in [-0.1, -0.05) is 54.6 Å². The predicted octanol–water partition coefficient (Wildman–Crippen LogP) is 4.79. The quantitative estimate of drug-likeness (QED) is 0.668. The Morgan fingerprint density at radius 2 is 1.80 bits per heavy atom. The van der Waals surface area contributed by atoms with Gasteiger partial charge in [-0.2, -0.15) is 0 Å². The Morgan fingerprint density at radius 3 is 2.60 bits per heavy atom. The molecule has 124 valence electrons. The van der Waals surface area contributed by atoms with E-state index < -0.39 is 0 Å². The summed E-state index contributed by atoms with van der Waals surface area (Å²) in [6.45, 7) is 0. The highest BCUT2D eigenvalue weighted by atomic mass is 32.1. The Hall–Kier alpha value is -2.39. The minimum Gasteiger partial charge on any atom is -0.308 e. The average Bonchev–Trinajstić information content (AvgIpc) is 3.35. The third-order valence-electron chi connectivity index (χ3n) is 5.71. The number of hydrogen-bond acceptors (Lipinski definition) is 2. The summed E-state index contributed by atoms with van der Waals surface area (Å²) in [6.07, 6.45) is 2.51. The molecule has 3 heteroatoms. The molecule has 2 aliphatic rings. The molecule has 0 spiro atoms. The lowest BCUT2D eigenvalue weighted by atomic mass is 9.70. The van der Waals surface area contributed by atoms with Crippen LogP contribution >= 0.6 is 11.3 Å². The zero-order valence-corrected chi connectivity index (χ0v) is 14.7. The van der Waals surface area contributed by atoms with E-state index in [1.807, 2.05) is 11.3 Å². The maximum atomic E-state index is 12.7. The average molecular weight is 345 g/mol. The van der Waals surface area contributed by atoms with Crippen molar-refractivity contribution in [3.63, 3.8) is 0 Å². The van der Waals surface area contributed by atoms with E-state index in [4.69, 9.17) is 0 Å². The Morgan fingerprint density at radius 1 is 1.00 bits per heavy atom. The number of carbonyl (C=O) groups is 1. The molecule has 3 heterocycles. The Bertz CT molecular complexity index is 918. The van der Waals surface area contributed by atoms with Crippen LogP contribution in [0.2, 0.25) is 0 Å². The van der Waals surface area contributed by atoms with E-state index in [-0.39, 0.29) is 17.4 Å². The van der Waals surface area contributed by atoms with Crippen LogP contribution in [0.3, 0.4) is 0 Å². The van der Waals surface area contributed by atoms with Crippen molar-refractivity contribution in [1.82, 2.24) is 0 Å². The van der Waals surface area contributed by atoms with E-state index in [2.05, 4.69) is 77.0 Å². The molecule has 0 N–H and O–H groups in total. The number of para-hydroxylation sites is 1. The maximum absolute atomic E-state index is 12.7. The Labute approximate surface area is 151 Å². The predicted molar refractivity (Wildman–Crippen MR) is 102 cm³/mol. The fourth-order valence-electron chi connectivity index (χ4n) is 4.74. The van der Waals surface area contributed by atoms with Gasteiger partial charge in [-0.25, -0.2) is 0 Å². The summed E-state index contributed by atoms with van der Waals surface area (Å²) in [6, 6.07) is 23.8. The molecular weight excluding hydrogens is 326 g/mol. The second-order valence-electron chi connectivity index (χ2n) is 6.95. The summed E-state index contributed by atoms with van der Waals surface area (Å²) in [5, 5.41) is 2.16. The number of hydrogen-bond donors (Lipinski definition) is 0. The topological polar surface area (TPSA) is 20.3 Å². The molecule has 3 aromatic rings. The monoisotopic (exact) mass is 345 g/mol. The second-order valence-corrected chi connectivity index (χ2v) is 7.89. The molecule has 0 aliphatic carbocycles. The van der Waals surface area contributed by atoms with Crippen LogP contribution in [-0.4, -0.2) is 11.9 Å². The number of thiophene rings is 1. The molecule has 0 unspecified atom stereocenters. The number of amides is 1. The number of anilines is 1. The zero-order valence-electron chi connectivity index (χ0n) is 13.9. The van der Waals surface area contributed by atoms with E-state index in [1.54, 1.807) is 0 Å². The van der Waals surface area contributed by atoms with Gasteiger partial charge >= 0.3 is 0 Å². The summed E-state index contributed by atoms with van der Waals surface area (Å²) >= 11 is 1.81. The fourth-order valence-corrected chi connectivity index (χ4v) is 5.73. The number of nitrogens with zero attached hydrogens (tertiary/aromatic N) is 1. The largest absolute Gasteiger partial charge is 0.308 e. The number of rotatable bonds is 3. The van der Waals surface area contributed by atoms with Gasteiger partial charge in [-0.05, 0) is 41.5 Å². The number of carbonyl (C=O) groups excluding carboxylic acids is 1. The SMILES string of the molecule is O=C1CC[C@@H]2N1c1ccccc1[C@]2(Cc1ccccc1)c1cccs1. The van der Waals surface area contributed by atoms with Crippen molar-refractivity contribution in [1.29, 1.82) is 0 Å². The van der Waals surface area contributed by atoms with Crippen molar-refractivity contribution in [2.24, 2.45) is 0 Å². The lowest BCUT2D eigenvalue weighted by Gasteiger charge is -2.35. The van der Waals surface area contributed by atoms with Crippen LogP contribution in [0.4, 0.5) is 5.69 Å². The molecule has 5 rings (SSSR count). The molecule has 2 aliphatic heterocycles. The van der Waals surface area contributed by atoms with Gasteiger partial charge in [-0.3, -0.25) is 4.79 Å². The molecule has 1 amide bonds. The first kappa shape index (κ1) is 14.9. The molecule has 0 bridgehead atoms. The first-order chi connectivity index (χ1) is 12.3. The second kappa shape index (κ2) is 5.57. The van der Waals surface area contributed by atoms with Gasteiger partial charge in [0, 0.05) is 17.0 Å². The number of benzene rings is 2. The maximum Gasteiger partial charge on any atom is 0.227 e. The van der Waals surface area contributed by atoms with E-state index in [1.165, 1.54) is 16.0 Å². The fraction of sp³-hybridized carbons (Fsp3) is 0.227. The first-order valence-electron chi connectivity index (χ1n) is 8.80. The summed E-state index contributed by atoms with van der Waals surface area (Å²) in [7, 11) is 0. The summed E-state index contributed by atoms with van der Waals surface area (Å²) in [5.41, 5.74) is 3.60. The molecule has 1 fully saturated rings. The molecule has 0 radical (unpaired) electrons. The van der Waals surface area contributed by atoms with Crippen molar-refractivity contribution in [2.45, 2.75) is 30.7 Å². The van der Waals surface area contributed by atoms with Crippen LogP contribution in [0.5, 0.6) is 0 Å². The van der Waals surface area contributed by atoms with Gasteiger partial charge in [0.25, 0.3) is 0 Å². The van der Waals surface area contributed by atoms with Gasteiger partial charge in [0.15, 0.2) is 0 Å². The summed E-state index contributed by atoms with van der Waals surface area (Å²) < 4.78 is 0. The van der Waals surface area contributed by atoms with Crippen LogP contribution < -0.4 is 4.90 Å². The smallest absolute Gasteiger partial charge is 0.227 e. The molecule has 2 aromatic carbocycles. The van der Waals surface area contributed by atoms with Crippen LogP contribution in [0.25, 0.3) is 0 Å². The third kappa shape index (κ3) is 2.05. The number of fused-ring (bicyclic) bond motifs is 3. The normalized spacial score (nSPS) is 24.4. The minimum atomic E-state index is -0.141. The highest BCUT2D eigenvalue weighted by Crippen LogP contribution is 2.55. The standard InChI is InChI=1S/C22H19NOS/c24-21-13-12-19-22(20-11-6-14-25-20,15-16-7-2-1-3-8-16)17-9-4-5-10-18(17)23(19)21/h1-11,14,19H,12-13,15H2/t19-,22-/m0/s1. The lowest BCUT2D eigenvalue weighted by molar-refractivity contribution is -0.117. The Balaban J connectivity index is 1.77. The molecule has 1 aromatic heterocycles. The van der Waals surface area contributed by atoms with Gasteiger partial charge < -0.3 is 4.90 Å². The molecule has 2 atom stereocenters. The van der Waals surface area contributed by atoms with E-state index in [0.29, 0.717) is 6.42 Å². The van der Waals surface area contributed by atoms with Crippen LogP contribution in [0.1, 0.15) is 28.8 Å². The minimum absolute atomic E-state index is 0.141. The molecule has 2 nitrogen and oxygen atoms in total. The van der Waals surface area contributed by atoms with Gasteiger partial charge in [0.05, 0.1) is 11.5 Å². The third-order valence-corrected chi connectivity index (χ3v) is 6.76. The zero-order chi connectivity index (χ0) is 16.9. The van der Waals surface area contributed by atoms with E-state index in [9.17, 15) is 4.79 Å². The lowest BCUT2D eigenvalue weighted by Crippen LogP contribution is -2.44. The Kier molecular flexibility index (Phi) is 3.32. The van der Waals surface area contributed by atoms with Crippen molar-refractivity contribution < 1.29 is 4.79 Å². The van der Waals surface area contributed by atoms with Crippen LogP contribution in [0, 0.1) is 0 Å². The van der Waals surface area contributed by atoms with E-state index in [0.717, 1.165) is 18.5 Å². The van der Waals surface area contributed by atoms with Gasteiger partial charge in [-0.15, -0.1) is 11.3 Å². The molecule has 25 heavy (non-hydrogen) atoms. The molecular formula is C22H19NOS. The highest BCUT2D eigenvalue weighted by molar-refractivity contribution is 7.10. The molecule has 0 saturated carbocycles. The van der Waals surface area contributed by atoms with E-state index >= 15 is 0 Å². The van der Waals surface area contributed by atoms with Gasteiger partial charge in [0.1, 0.15) is 0 Å². The van der Waals surface area contributed by atoms with Crippen LogP contribution in [-0.2, 0) is 16.6 Å². The first-order valence-corrected chi connectivity index (χ1v) is 9.68. The molecule has 1 saturated heterocycles. The summed E-state index contributed by atoms with van der Waals surface area (Å²) in [4.78, 5) is 16.1. The van der Waals surface area contributed by atoms with Crippen molar-refractivity contribution in [3.8, 4) is 0 Å². The van der Waals surface area contributed by atoms with Crippen molar-refractivity contribution >= 4 is 22.9 Å². The van der Waals surface area contributed by atoms with Crippen LogP contribution in [0.15, 0.2) is 72.1 Å².